The topological polar surface area (TPSA) is 71.5 Å². The van der Waals surface area contributed by atoms with Gasteiger partial charge in [0.15, 0.2) is 0 Å². The first kappa shape index (κ1) is 19.4. The Morgan fingerprint density at radius 2 is 1.72 bits per heavy atom. The maximum absolute atomic E-state index is 12.9. The monoisotopic (exact) mass is 393 g/mol. The number of rotatable bonds is 6. The molecule has 3 atom stereocenters. The lowest BCUT2D eigenvalue weighted by atomic mass is 9.96. The smallest absolute Gasteiger partial charge is 0.251 e. The summed E-state index contributed by atoms with van der Waals surface area (Å²) in [4.78, 5) is 31.4. The van der Waals surface area contributed by atoms with Crippen LogP contribution in [0.5, 0.6) is 5.75 Å². The highest BCUT2D eigenvalue weighted by Crippen LogP contribution is 2.36. The van der Waals surface area contributed by atoms with Crippen molar-refractivity contribution in [3.63, 3.8) is 0 Å². The summed E-state index contributed by atoms with van der Waals surface area (Å²) < 4.78 is 5.18. The van der Waals surface area contributed by atoms with Crippen molar-refractivity contribution in [3.05, 3.63) is 59.9 Å². The van der Waals surface area contributed by atoms with Crippen molar-refractivity contribution >= 4 is 11.8 Å². The number of hydrogen-bond acceptors (Lipinski definition) is 4. The highest BCUT2D eigenvalue weighted by Gasteiger charge is 2.43. The van der Waals surface area contributed by atoms with Gasteiger partial charge in [-0.25, -0.2) is 0 Å². The summed E-state index contributed by atoms with van der Waals surface area (Å²) in [5.41, 5.74) is 1.77. The predicted molar refractivity (Wildman–Crippen MR) is 110 cm³/mol. The van der Waals surface area contributed by atoms with E-state index in [2.05, 4.69) is 15.2 Å². The average molecular weight is 393 g/mol. The van der Waals surface area contributed by atoms with E-state index in [1.165, 1.54) is 0 Å². The Morgan fingerprint density at radius 1 is 1.07 bits per heavy atom. The Hall–Kier alpha value is -2.89. The van der Waals surface area contributed by atoms with Crippen LogP contribution in [0.2, 0.25) is 0 Å². The molecule has 1 aromatic heterocycles. The van der Waals surface area contributed by atoms with E-state index in [1.807, 2.05) is 24.3 Å². The van der Waals surface area contributed by atoms with Gasteiger partial charge in [0.25, 0.3) is 5.91 Å². The number of benzene rings is 1. The molecule has 2 amide bonds. The van der Waals surface area contributed by atoms with Gasteiger partial charge in [-0.05, 0) is 61.9 Å². The number of carbonyl (C=O) groups is 2. The van der Waals surface area contributed by atoms with Crippen molar-refractivity contribution in [3.8, 4) is 5.75 Å². The maximum atomic E-state index is 12.9. The van der Waals surface area contributed by atoms with Gasteiger partial charge in [0, 0.05) is 42.5 Å². The molecule has 2 saturated heterocycles. The van der Waals surface area contributed by atoms with Gasteiger partial charge in [0.1, 0.15) is 5.75 Å². The quantitative estimate of drug-likeness (QED) is 0.819. The van der Waals surface area contributed by atoms with E-state index in [4.69, 9.17) is 4.74 Å². The summed E-state index contributed by atoms with van der Waals surface area (Å²) >= 11 is 0. The molecule has 29 heavy (non-hydrogen) atoms. The fourth-order valence-electron chi connectivity index (χ4n) is 4.65. The first-order valence-electron chi connectivity index (χ1n) is 10.3. The second kappa shape index (κ2) is 8.64. The molecule has 2 aliphatic rings. The number of pyridine rings is 1. The van der Waals surface area contributed by atoms with Crippen molar-refractivity contribution in [1.29, 1.82) is 0 Å². The van der Waals surface area contributed by atoms with Gasteiger partial charge >= 0.3 is 0 Å². The Bertz CT molecular complexity index is 839. The van der Waals surface area contributed by atoms with Crippen molar-refractivity contribution in [2.24, 2.45) is 0 Å². The third-order valence-electron chi connectivity index (χ3n) is 6.09. The minimum Gasteiger partial charge on any atom is -0.497 e. The van der Waals surface area contributed by atoms with E-state index in [0.717, 1.165) is 43.4 Å². The predicted octanol–water partition coefficient (Wildman–Crippen LogP) is 2.97. The van der Waals surface area contributed by atoms with Gasteiger partial charge in [0.05, 0.1) is 7.11 Å². The molecular weight excluding hydrogens is 366 g/mol. The molecular formula is C23H27N3O3. The maximum Gasteiger partial charge on any atom is 0.251 e. The van der Waals surface area contributed by atoms with E-state index < -0.39 is 0 Å². The molecule has 6 nitrogen and oxygen atoms in total. The molecule has 0 aliphatic carbocycles. The second-order valence-electron chi connectivity index (χ2n) is 7.91. The first-order valence-corrected chi connectivity index (χ1v) is 10.3. The number of methoxy groups -OCH3 is 1. The van der Waals surface area contributed by atoms with Crippen LogP contribution in [0.25, 0.3) is 0 Å². The number of piperidine rings is 1. The number of carbonyl (C=O) groups excluding carboxylic acids is 2. The molecule has 6 heteroatoms. The number of aromatic nitrogens is 1. The Kier molecular flexibility index (Phi) is 5.79. The van der Waals surface area contributed by atoms with Crippen LogP contribution in [-0.2, 0) is 11.2 Å². The van der Waals surface area contributed by atoms with Crippen LogP contribution < -0.4 is 10.1 Å². The molecule has 0 saturated carbocycles. The zero-order chi connectivity index (χ0) is 20.2. The van der Waals surface area contributed by atoms with E-state index >= 15 is 0 Å². The molecule has 1 unspecified atom stereocenters. The van der Waals surface area contributed by atoms with Gasteiger partial charge in [-0.3, -0.25) is 14.6 Å². The van der Waals surface area contributed by atoms with Crippen molar-refractivity contribution in [2.45, 2.75) is 56.7 Å². The lowest BCUT2D eigenvalue weighted by Crippen LogP contribution is -2.52. The van der Waals surface area contributed by atoms with E-state index in [1.54, 1.807) is 31.6 Å². The third-order valence-corrected chi connectivity index (χ3v) is 6.09. The number of nitrogens with zero attached hydrogens (tertiary/aromatic N) is 2. The molecule has 2 aromatic rings. The molecule has 1 aromatic carbocycles. The summed E-state index contributed by atoms with van der Waals surface area (Å²) in [6.07, 6.45) is 8.24. The molecule has 0 radical (unpaired) electrons. The standard InChI is InChI=1S/C23H27N3O3/c1-29-21-7-2-16(3-8-21)4-9-22(27)26-19-5-6-20(26)15-18(14-19)25-23(28)17-10-12-24-13-11-17/h2-3,7-8,10-13,18-20H,4-6,9,14-15H2,1H3,(H,25,28)/t18?,19-,20+. The zero-order valence-corrected chi connectivity index (χ0v) is 16.7. The van der Waals surface area contributed by atoms with Crippen molar-refractivity contribution in [1.82, 2.24) is 15.2 Å². The van der Waals surface area contributed by atoms with E-state index in [0.29, 0.717) is 12.0 Å². The summed E-state index contributed by atoms with van der Waals surface area (Å²) in [6, 6.07) is 11.9. The Morgan fingerprint density at radius 3 is 2.34 bits per heavy atom. The largest absolute Gasteiger partial charge is 0.497 e. The summed E-state index contributed by atoms with van der Waals surface area (Å²) in [7, 11) is 1.65. The lowest BCUT2D eigenvalue weighted by molar-refractivity contribution is -0.135. The lowest BCUT2D eigenvalue weighted by Gasteiger charge is -2.39. The number of hydrogen-bond donors (Lipinski definition) is 1. The molecule has 2 bridgehead atoms. The molecule has 4 rings (SSSR count). The van der Waals surface area contributed by atoms with Crippen LogP contribution >= 0.6 is 0 Å². The van der Waals surface area contributed by atoms with Gasteiger partial charge in [-0.15, -0.1) is 0 Å². The SMILES string of the molecule is COc1ccc(CCC(=O)N2[C@@H]3CC[C@H]2CC(NC(=O)c2ccncc2)C3)cc1. The van der Waals surface area contributed by atoms with Gasteiger partial charge in [-0.2, -0.15) is 0 Å². The highest BCUT2D eigenvalue weighted by atomic mass is 16.5. The Labute approximate surface area is 171 Å². The fraction of sp³-hybridized carbons (Fsp3) is 0.435. The summed E-state index contributed by atoms with van der Waals surface area (Å²) in [5, 5.41) is 3.15. The van der Waals surface area contributed by atoms with Crippen LogP contribution in [0.4, 0.5) is 0 Å². The van der Waals surface area contributed by atoms with Crippen LogP contribution in [-0.4, -0.2) is 46.9 Å². The number of ether oxygens (including phenoxy) is 1. The first-order chi connectivity index (χ1) is 14.1. The number of amides is 2. The molecule has 2 aliphatic heterocycles. The van der Waals surface area contributed by atoms with Crippen LogP contribution in [0.3, 0.4) is 0 Å². The molecule has 0 spiro atoms. The van der Waals surface area contributed by atoms with Gasteiger partial charge in [-0.1, -0.05) is 12.1 Å². The van der Waals surface area contributed by atoms with Crippen LogP contribution in [0, 0.1) is 0 Å². The number of fused-ring (bicyclic) bond motifs is 2. The van der Waals surface area contributed by atoms with E-state index in [-0.39, 0.29) is 29.9 Å². The third kappa shape index (κ3) is 4.42. The molecule has 1 N–H and O–H groups in total. The Balaban J connectivity index is 1.31. The minimum absolute atomic E-state index is 0.0592. The average Bonchev–Trinajstić information content (AvgIpc) is 3.03. The number of aryl methyl sites for hydroxylation is 1. The molecule has 3 heterocycles. The summed E-state index contributed by atoms with van der Waals surface area (Å²) in [6.45, 7) is 0. The number of nitrogens with one attached hydrogen (secondary N) is 1. The minimum atomic E-state index is -0.0592. The van der Waals surface area contributed by atoms with Gasteiger partial charge < -0.3 is 15.0 Å². The fourth-order valence-corrected chi connectivity index (χ4v) is 4.65. The second-order valence-corrected chi connectivity index (χ2v) is 7.91. The molecule has 2 fully saturated rings. The van der Waals surface area contributed by atoms with E-state index in [9.17, 15) is 9.59 Å². The van der Waals surface area contributed by atoms with Crippen molar-refractivity contribution in [2.75, 3.05) is 7.11 Å². The van der Waals surface area contributed by atoms with Crippen molar-refractivity contribution < 1.29 is 14.3 Å². The normalized spacial score (nSPS) is 22.9. The van der Waals surface area contributed by atoms with Crippen LogP contribution in [0.1, 0.15) is 48.0 Å². The van der Waals surface area contributed by atoms with Gasteiger partial charge in [0.2, 0.25) is 5.91 Å². The van der Waals surface area contributed by atoms with Crippen LogP contribution in [0.15, 0.2) is 48.8 Å². The highest BCUT2D eigenvalue weighted by molar-refractivity contribution is 5.94. The molecule has 152 valence electrons. The zero-order valence-electron chi connectivity index (χ0n) is 16.7. The summed E-state index contributed by atoms with van der Waals surface area (Å²) in [5.74, 6) is 0.998.